The summed E-state index contributed by atoms with van der Waals surface area (Å²) in [4.78, 5) is 2.36. The summed E-state index contributed by atoms with van der Waals surface area (Å²) >= 11 is 0. The van der Waals surface area contributed by atoms with Gasteiger partial charge in [-0.25, -0.2) is 0 Å². The Bertz CT molecular complexity index is 214. The van der Waals surface area contributed by atoms with Crippen molar-refractivity contribution in [3.8, 4) is 0 Å². The second-order valence-corrected chi connectivity index (χ2v) is 5.40. The monoisotopic (exact) mass is 258 g/mol. The van der Waals surface area contributed by atoms with Crippen molar-refractivity contribution in [1.29, 1.82) is 0 Å². The number of β-amino-alcohol motifs (C(OH)–C–C–N with tert-alkyl or cyclic N) is 1. The third-order valence-corrected chi connectivity index (χ3v) is 3.63. The van der Waals surface area contributed by atoms with Crippen molar-refractivity contribution in [2.24, 2.45) is 5.92 Å². The van der Waals surface area contributed by atoms with Crippen molar-refractivity contribution in [3.63, 3.8) is 0 Å². The number of nitrogens with one attached hydrogen (secondary N) is 1. The van der Waals surface area contributed by atoms with Crippen LogP contribution in [-0.2, 0) is 4.74 Å². The molecular weight excluding hydrogens is 228 g/mol. The van der Waals surface area contributed by atoms with Crippen molar-refractivity contribution in [2.45, 2.75) is 45.8 Å². The lowest BCUT2D eigenvalue weighted by Crippen LogP contribution is -2.50. The summed E-state index contributed by atoms with van der Waals surface area (Å²) in [6.07, 6.45) is 2.03. The minimum Gasteiger partial charge on any atom is -0.389 e. The zero-order valence-electron chi connectivity index (χ0n) is 12.2. The van der Waals surface area contributed by atoms with Gasteiger partial charge in [0.05, 0.1) is 12.7 Å². The minimum atomic E-state index is -0.350. The topological polar surface area (TPSA) is 44.7 Å². The number of aliphatic hydroxyl groups is 1. The van der Waals surface area contributed by atoms with Gasteiger partial charge in [-0.1, -0.05) is 13.8 Å². The van der Waals surface area contributed by atoms with Crippen LogP contribution in [0.5, 0.6) is 0 Å². The summed E-state index contributed by atoms with van der Waals surface area (Å²) in [6, 6.07) is 0.644. The molecule has 1 aliphatic heterocycles. The molecule has 4 heteroatoms. The van der Waals surface area contributed by atoms with Crippen LogP contribution < -0.4 is 5.32 Å². The summed E-state index contributed by atoms with van der Waals surface area (Å²) in [5, 5.41) is 13.5. The van der Waals surface area contributed by atoms with Gasteiger partial charge in [-0.15, -0.1) is 0 Å². The van der Waals surface area contributed by atoms with Crippen molar-refractivity contribution in [2.75, 3.05) is 39.4 Å². The fourth-order valence-electron chi connectivity index (χ4n) is 2.64. The maximum Gasteiger partial charge on any atom is 0.0900 e. The number of nitrogens with zero attached hydrogens (tertiary/aromatic N) is 1. The Morgan fingerprint density at radius 2 is 2.22 bits per heavy atom. The molecule has 1 aliphatic rings. The van der Waals surface area contributed by atoms with Crippen LogP contribution in [0, 0.1) is 5.92 Å². The van der Waals surface area contributed by atoms with Crippen LogP contribution >= 0.6 is 0 Å². The van der Waals surface area contributed by atoms with Gasteiger partial charge in [0.15, 0.2) is 0 Å². The Labute approximate surface area is 112 Å². The molecular formula is C14H30N2O2. The molecule has 0 bridgehead atoms. The minimum absolute atomic E-state index is 0.350. The molecule has 0 aromatic carbocycles. The van der Waals surface area contributed by atoms with Gasteiger partial charge in [-0.2, -0.15) is 0 Å². The highest BCUT2D eigenvalue weighted by molar-refractivity contribution is 4.83. The number of ether oxygens (including phenoxy) is 1. The Hall–Kier alpha value is -0.160. The van der Waals surface area contributed by atoms with E-state index in [4.69, 9.17) is 4.74 Å². The molecule has 0 saturated carbocycles. The average Bonchev–Trinajstić information content (AvgIpc) is 2.35. The predicted molar refractivity (Wildman–Crippen MR) is 74.8 cm³/mol. The largest absolute Gasteiger partial charge is 0.389 e. The highest BCUT2D eigenvalue weighted by atomic mass is 16.5. The van der Waals surface area contributed by atoms with Crippen LogP contribution in [0.3, 0.4) is 0 Å². The lowest BCUT2D eigenvalue weighted by Gasteiger charge is -2.38. The molecule has 18 heavy (non-hydrogen) atoms. The summed E-state index contributed by atoms with van der Waals surface area (Å²) in [6.45, 7) is 11.6. The molecule has 1 fully saturated rings. The highest BCUT2D eigenvalue weighted by Crippen LogP contribution is 2.17. The summed E-state index contributed by atoms with van der Waals surface area (Å²) in [5.74, 6) is 0.657. The molecule has 1 rings (SSSR count). The molecule has 0 radical (unpaired) electrons. The summed E-state index contributed by atoms with van der Waals surface area (Å²) < 4.78 is 5.25. The number of rotatable bonds is 8. The number of aliphatic hydroxyl groups excluding tert-OH is 1. The fourth-order valence-corrected chi connectivity index (χ4v) is 2.64. The molecule has 3 unspecified atom stereocenters. The summed E-state index contributed by atoms with van der Waals surface area (Å²) in [5.41, 5.74) is 0. The Balaban J connectivity index is 2.23. The van der Waals surface area contributed by atoms with E-state index in [-0.39, 0.29) is 6.10 Å². The van der Waals surface area contributed by atoms with Crippen molar-refractivity contribution in [3.05, 3.63) is 0 Å². The number of hydrogen-bond acceptors (Lipinski definition) is 4. The van der Waals surface area contributed by atoms with Gasteiger partial charge in [0.25, 0.3) is 0 Å². The van der Waals surface area contributed by atoms with Crippen LogP contribution in [0.25, 0.3) is 0 Å². The fraction of sp³-hybridized carbons (Fsp3) is 1.00. The molecule has 1 heterocycles. The van der Waals surface area contributed by atoms with E-state index in [1.807, 2.05) is 6.92 Å². The zero-order chi connectivity index (χ0) is 13.4. The molecule has 4 nitrogen and oxygen atoms in total. The van der Waals surface area contributed by atoms with Crippen LogP contribution in [0.1, 0.15) is 33.6 Å². The van der Waals surface area contributed by atoms with Crippen molar-refractivity contribution < 1.29 is 9.84 Å². The van der Waals surface area contributed by atoms with Crippen LogP contribution in [0.2, 0.25) is 0 Å². The SMILES string of the molecule is CCCNC1CCN(CC(O)COCC)CC1C. The summed E-state index contributed by atoms with van der Waals surface area (Å²) in [7, 11) is 0. The Kier molecular flexibility index (Phi) is 7.82. The van der Waals surface area contributed by atoms with E-state index in [2.05, 4.69) is 24.1 Å². The van der Waals surface area contributed by atoms with Gasteiger partial charge < -0.3 is 20.1 Å². The third-order valence-electron chi connectivity index (χ3n) is 3.63. The molecule has 0 aromatic rings. The Morgan fingerprint density at radius 1 is 1.44 bits per heavy atom. The lowest BCUT2D eigenvalue weighted by atomic mass is 9.93. The normalized spacial score (nSPS) is 27.3. The van der Waals surface area contributed by atoms with Crippen LogP contribution in [0.4, 0.5) is 0 Å². The van der Waals surface area contributed by atoms with Gasteiger partial charge in [0.1, 0.15) is 0 Å². The maximum atomic E-state index is 9.84. The maximum absolute atomic E-state index is 9.84. The van der Waals surface area contributed by atoms with E-state index in [1.54, 1.807) is 0 Å². The van der Waals surface area contributed by atoms with E-state index in [9.17, 15) is 5.11 Å². The quantitative estimate of drug-likeness (QED) is 0.684. The standard InChI is InChI=1S/C14H30N2O2/c1-4-7-15-14-6-8-16(9-12(14)3)10-13(17)11-18-5-2/h12-15,17H,4-11H2,1-3H3. The highest BCUT2D eigenvalue weighted by Gasteiger charge is 2.26. The molecule has 2 N–H and O–H groups in total. The van der Waals surface area contributed by atoms with Crippen molar-refractivity contribution >= 4 is 0 Å². The average molecular weight is 258 g/mol. The smallest absolute Gasteiger partial charge is 0.0900 e. The number of likely N-dealkylation sites (tertiary alicyclic amines) is 1. The first-order valence-electron chi connectivity index (χ1n) is 7.38. The molecule has 0 aliphatic carbocycles. The first-order chi connectivity index (χ1) is 8.67. The number of piperidine rings is 1. The van der Waals surface area contributed by atoms with E-state index in [0.29, 0.717) is 25.2 Å². The van der Waals surface area contributed by atoms with Gasteiger partial charge in [0, 0.05) is 25.7 Å². The molecule has 3 atom stereocenters. The van der Waals surface area contributed by atoms with Gasteiger partial charge >= 0.3 is 0 Å². The van der Waals surface area contributed by atoms with Crippen molar-refractivity contribution in [1.82, 2.24) is 10.2 Å². The van der Waals surface area contributed by atoms with Crippen LogP contribution in [-0.4, -0.2) is 61.5 Å². The van der Waals surface area contributed by atoms with Gasteiger partial charge in [0.2, 0.25) is 0 Å². The molecule has 1 saturated heterocycles. The lowest BCUT2D eigenvalue weighted by molar-refractivity contribution is 0.0106. The zero-order valence-corrected chi connectivity index (χ0v) is 12.2. The second kappa shape index (κ2) is 8.86. The van der Waals surface area contributed by atoms with Crippen LogP contribution in [0.15, 0.2) is 0 Å². The second-order valence-electron chi connectivity index (χ2n) is 5.40. The first kappa shape index (κ1) is 15.9. The Morgan fingerprint density at radius 3 is 2.83 bits per heavy atom. The molecule has 0 amide bonds. The van der Waals surface area contributed by atoms with Gasteiger partial charge in [-0.3, -0.25) is 0 Å². The van der Waals surface area contributed by atoms with E-state index < -0.39 is 0 Å². The molecule has 108 valence electrons. The number of hydrogen-bond donors (Lipinski definition) is 2. The van der Waals surface area contributed by atoms with Gasteiger partial charge in [-0.05, 0) is 38.8 Å². The predicted octanol–water partition coefficient (Wildman–Crippen LogP) is 1.09. The molecule has 0 aromatic heterocycles. The van der Waals surface area contributed by atoms with E-state index in [0.717, 1.165) is 26.2 Å². The molecule has 0 spiro atoms. The van der Waals surface area contributed by atoms with E-state index in [1.165, 1.54) is 12.8 Å². The van der Waals surface area contributed by atoms with E-state index >= 15 is 0 Å². The first-order valence-corrected chi connectivity index (χ1v) is 7.38. The third kappa shape index (κ3) is 5.65.